The minimum atomic E-state index is -1.00. The summed E-state index contributed by atoms with van der Waals surface area (Å²) in [6.07, 6.45) is 2.30. The zero-order chi connectivity index (χ0) is 7.28. The van der Waals surface area contributed by atoms with E-state index in [-0.39, 0.29) is 0 Å². The van der Waals surface area contributed by atoms with Crippen molar-refractivity contribution < 1.29 is 9.90 Å². The smallest absolute Gasteiger partial charge is 0.328 e. The number of hydrazone groups is 1. The van der Waals surface area contributed by atoms with E-state index in [0.29, 0.717) is 5.71 Å². The van der Waals surface area contributed by atoms with Gasteiger partial charge in [0.15, 0.2) is 0 Å². The number of nitrogens with zero attached hydrogens (tertiary/aromatic N) is 1. The van der Waals surface area contributed by atoms with Crippen LogP contribution >= 0.6 is 0 Å². The van der Waals surface area contributed by atoms with Gasteiger partial charge in [-0.05, 0) is 13.0 Å². The monoisotopic (exact) mass is 128 g/mol. The Labute approximate surface area is 52.7 Å². The molecule has 0 bridgehead atoms. The van der Waals surface area contributed by atoms with Gasteiger partial charge in [0, 0.05) is 6.08 Å². The van der Waals surface area contributed by atoms with Gasteiger partial charge in [-0.15, -0.1) is 0 Å². The first-order chi connectivity index (χ1) is 4.16. The number of rotatable bonds is 2. The lowest BCUT2D eigenvalue weighted by atomic mass is 10.4. The third-order valence-corrected chi connectivity index (χ3v) is 0.671. The molecule has 0 aliphatic rings. The van der Waals surface area contributed by atoms with Crippen LogP contribution in [0.1, 0.15) is 6.92 Å². The van der Waals surface area contributed by atoms with Gasteiger partial charge in [-0.25, -0.2) is 4.79 Å². The molecule has 4 heteroatoms. The minimum absolute atomic E-state index is 0.484. The number of nitrogens with two attached hydrogens (primary N) is 1. The average molecular weight is 128 g/mol. The standard InChI is InChI=1S/C5H8N2O2/c1-4(7-6)2-3-5(8)9/h2-3H,6H2,1H3,(H,8,9)/b3-2+,7-4?. The largest absolute Gasteiger partial charge is 0.478 e. The summed E-state index contributed by atoms with van der Waals surface area (Å²) in [5, 5.41) is 11.3. The summed E-state index contributed by atoms with van der Waals surface area (Å²) in [5.74, 6) is 3.80. The molecule has 0 saturated carbocycles. The lowest BCUT2D eigenvalue weighted by Gasteiger charge is -1.82. The summed E-state index contributed by atoms with van der Waals surface area (Å²) >= 11 is 0. The quantitative estimate of drug-likeness (QED) is 0.237. The molecule has 0 fully saturated rings. The first kappa shape index (κ1) is 7.68. The van der Waals surface area contributed by atoms with E-state index in [9.17, 15) is 4.79 Å². The Morgan fingerprint density at radius 2 is 2.22 bits per heavy atom. The van der Waals surface area contributed by atoms with Crippen LogP contribution < -0.4 is 5.84 Å². The van der Waals surface area contributed by atoms with Gasteiger partial charge in [-0.3, -0.25) is 0 Å². The van der Waals surface area contributed by atoms with E-state index in [0.717, 1.165) is 6.08 Å². The van der Waals surface area contributed by atoms with Crippen LogP contribution in [0, 0.1) is 0 Å². The van der Waals surface area contributed by atoms with Gasteiger partial charge in [0.05, 0.1) is 5.71 Å². The molecule has 0 amide bonds. The summed E-state index contributed by atoms with van der Waals surface area (Å²) < 4.78 is 0. The van der Waals surface area contributed by atoms with Crippen LogP contribution in [-0.2, 0) is 4.79 Å². The van der Waals surface area contributed by atoms with E-state index in [1.807, 2.05) is 0 Å². The second kappa shape index (κ2) is 3.65. The lowest BCUT2D eigenvalue weighted by Crippen LogP contribution is -1.93. The van der Waals surface area contributed by atoms with Crippen molar-refractivity contribution in [3.05, 3.63) is 12.2 Å². The molecule has 0 unspecified atom stereocenters. The van der Waals surface area contributed by atoms with E-state index in [4.69, 9.17) is 10.9 Å². The molecular formula is C5H8N2O2. The minimum Gasteiger partial charge on any atom is -0.478 e. The van der Waals surface area contributed by atoms with Crippen LogP contribution in [0.5, 0.6) is 0 Å². The zero-order valence-electron chi connectivity index (χ0n) is 5.03. The van der Waals surface area contributed by atoms with Crippen LogP contribution in [0.2, 0.25) is 0 Å². The Morgan fingerprint density at radius 3 is 2.56 bits per heavy atom. The van der Waals surface area contributed by atoms with Crippen LogP contribution in [0.15, 0.2) is 17.3 Å². The highest BCUT2D eigenvalue weighted by atomic mass is 16.4. The van der Waals surface area contributed by atoms with E-state index >= 15 is 0 Å². The van der Waals surface area contributed by atoms with Crippen LogP contribution in [0.4, 0.5) is 0 Å². The van der Waals surface area contributed by atoms with Crippen LogP contribution in [-0.4, -0.2) is 16.8 Å². The molecule has 0 aromatic rings. The second-order valence-corrected chi connectivity index (χ2v) is 1.44. The zero-order valence-corrected chi connectivity index (χ0v) is 5.03. The normalized spacial score (nSPS) is 12.3. The topological polar surface area (TPSA) is 75.7 Å². The third-order valence-electron chi connectivity index (χ3n) is 0.671. The van der Waals surface area contributed by atoms with Gasteiger partial charge < -0.3 is 10.9 Å². The molecule has 9 heavy (non-hydrogen) atoms. The van der Waals surface area contributed by atoms with E-state index in [1.165, 1.54) is 6.08 Å². The van der Waals surface area contributed by atoms with Crippen molar-refractivity contribution in [2.45, 2.75) is 6.92 Å². The van der Waals surface area contributed by atoms with E-state index in [2.05, 4.69) is 5.10 Å². The lowest BCUT2D eigenvalue weighted by molar-refractivity contribution is -0.131. The summed E-state index contributed by atoms with van der Waals surface area (Å²) in [6.45, 7) is 1.61. The number of carbonyl (C=O) groups is 1. The van der Waals surface area contributed by atoms with Crippen molar-refractivity contribution in [1.29, 1.82) is 0 Å². The van der Waals surface area contributed by atoms with E-state index in [1.54, 1.807) is 6.92 Å². The van der Waals surface area contributed by atoms with Crippen molar-refractivity contribution in [2.24, 2.45) is 10.9 Å². The molecule has 0 heterocycles. The number of aliphatic carboxylic acids is 1. The van der Waals surface area contributed by atoms with Crippen molar-refractivity contribution in [2.75, 3.05) is 0 Å². The number of carboxylic acid groups (broad SMARTS) is 1. The van der Waals surface area contributed by atoms with Gasteiger partial charge in [-0.2, -0.15) is 5.10 Å². The van der Waals surface area contributed by atoms with Crippen molar-refractivity contribution in [3.8, 4) is 0 Å². The predicted molar refractivity (Wildman–Crippen MR) is 34.1 cm³/mol. The fraction of sp³-hybridized carbons (Fsp3) is 0.200. The highest BCUT2D eigenvalue weighted by molar-refractivity contribution is 5.97. The molecule has 0 aromatic carbocycles. The molecule has 0 atom stereocenters. The highest BCUT2D eigenvalue weighted by Gasteiger charge is 1.85. The molecule has 0 radical (unpaired) electrons. The molecule has 0 aliphatic heterocycles. The number of hydrogen-bond acceptors (Lipinski definition) is 3. The first-order valence-electron chi connectivity index (χ1n) is 2.32. The molecule has 0 saturated heterocycles. The molecule has 0 spiro atoms. The van der Waals surface area contributed by atoms with Crippen molar-refractivity contribution in [1.82, 2.24) is 0 Å². The van der Waals surface area contributed by atoms with Gasteiger partial charge in [0.2, 0.25) is 0 Å². The second-order valence-electron chi connectivity index (χ2n) is 1.44. The van der Waals surface area contributed by atoms with Crippen LogP contribution in [0.25, 0.3) is 0 Å². The fourth-order valence-electron chi connectivity index (χ4n) is 0.235. The Kier molecular flexibility index (Phi) is 3.12. The molecule has 4 nitrogen and oxygen atoms in total. The first-order valence-corrected chi connectivity index (χ1v) is 2.32. The molecular weight excluding hydrogens is 120 g/mol. The SMILES string of the molecule is CC(/C=C/C(=O)O)=NN. The van der Waals surface area contributed by atoms with Crippen molar-refractivity contribution in [3.63, 3.8) is 0 Å². The maximum absolute atomic E-state index is 9.84. The Hall–Kier alpha value is -1.32. The summed E-state index contributed by atoms with van der Waals surface area (Å²) in [5.41, 5.74) is 0.484. The molecule has 0 aliphatic carbocycles. The molecule has 0 rings (SSSR count). The number of carboxylic acids is 1. The predicted octanol–water partition coefficient (Wildman–Crippen LogP) is -0.0382. The van der Waals surface area contributed by atoms with Gasteiger partial charge in [0.25, 0.3) is 0 Å². The van der Waals surface area contributed by atoms with Crippen LogP contribution in [0.3, 0.4) is 0 Å². The molecule has 0 aromatic heterocycles. The van der Waals surface area contributed by atoms with Gasteiger partial charge in [-0.1, -0.05) is 0 Å². The highest BCUT2D eigenvalue weighted by Crippen LogP contribution is 1.76. The maximum Gasteiger partial charge on any atom is 0.328 e. The number of hydrogen-bond donors (Lipinski definition) is 2. The summed E-state index contributed by atoms with van der Waals surface area (Å²) in [6, 6.07) is 0. The van der Waals surface area contributed by atoms with Gasteiger partial charge in [0.1, 0.15) is 0 Å². The van der Waals surface area contributed by atoms with Crippen molar-refractivity contribution >= 4 is 11.7 Å². The molecule has 3 N–H and O–H groups in total. The van der Waals surface area contributed by atoms with E-state index < -0.39 is 5.97 Å². The average Bonchev–Trinajstić information content (AvgIpc) is 1.83. The fourth-order valence-corrected chi connectivity index (χ4v) is 0.235. The maximum atomic E-state index is 9.84. The Morgan fingerprint density at radius 1 is 1.67 bits per heavy atom. The Bertz CT molecular complexity index is 160. The summed E-state index contributed by atoms with van der Waals surface area (Å²) in [4.78, 5) is 9.84. The molecule has 50 valence electrons. The van der Waals surface area contributed by atoms with Gasteiger partial charge >= 0.3 is 5.97 Å². The number of allylic oxidation sites excluding steroid dienone is 1. The Balaban J connectivity index is 3.86. The third kappa shape index (κ3) is 4.53. The summed E-state index contributed by atoms with van der Waals surface area (Å²) in [7, 11) is 0.